The summed E-state index contributed by atoms with van der Waals surface area (Å²) in [6.07, 6.45) is 4.69. The smallest absolute Gasteiger partial charge is 0.244 e. The first-order valence-electron chi connectivity index (χ1n) is 8.15. The average Bonchev–Trinajstić information content (AvgIpc) is 2.62. The van der Waals surface area contributed by atoms with Crippen molar-refractivity contribution in [1.82, 2.24) is 15.2 Å². The standard InChI is InChI=1S/C17H25N5O2/c1-4-5-9-18-16-12-20-22-17(21-16)19-10-8-13-6-7-14(23-2)15(11-13)24-3/h6-7,11-12H,4-5,8-10H2,1-3H3,(H2,18,19,21,22). The molecule has 1 aromatic carbocycles. The molecular weight excluding hydrogens is 306 g/mol. The quantitative estimate of drug-likeness (QED) is 0.648. The molecule has 0 aliphatic carbocycles. The summed E-state index contributed by atoms with van der Waals surface area (Å²) in [6.45, 7) is 3.75. The van der Waals surface area contributed by atoms with E-state index in [9.17, 15) is 0 Å². The van der Waals surface area contributed by atoms with Crippen LogP contribution in [0.4, 0.5) is 11.8 Å². The van der Waals surface area contributed by atoms with Crippen LogP contribution in [-0.2, 0) is 6.42 Å². The number of benzene rings is 1. The SMILES string of the molecule is CCCCNc1cnnc(NCCc2ccc(OC)c(OC)c2)n1. The van der Waals surface area contributed by atoms with Crippen LogP contribution in [0.3, 0.4) is 0 Å². The molecule has 0 saturated heterocycles. The van der Waals surface area contributed by atoms with Gasteiger partial charge in [0.1, 0.15) is 5.82 Å². The van der Waals surface area contributed by atoms with Gasteiger partial charge in [-0.2, -0.15) is 10.1 Å². The highest BCUT2D eigenvalue weighted by atomic mass is 16.5. The zero-order valence-corrected chi connectivity index (χ0v) is 14.5. The molecule has 0 radical (unpaired) electrons. The van der Waals surface area contributed by atoms with E-state index in [4.69, 9.17) is 9.47 Å². The number of unbranched alkanes of at least 4 members (excludes halogenated alkanes) is 1. The lowest BCUT2D eigenvalue weighted by Crippen LogP contribution is -2.11. The number of methoxy groups -OCH3 is 2. The molecule has 130 valence electrons. The number of nitrogens with one attached hydrogen (secondary N) is 2. The van der Waals surface area contributed by atoms with Crippen molar-refractivity contribution in [3.05, 3.63) is 30.0 Å². The summed E-state index contributed by atoms with van der Waals surface area (Å²) in [7, 11) is 3.27. The maximum Gasteiger partial charge on any atom is 0.244 e. The molecule has 1 heterocycles. The molecule has 0 bridgehead atoms. The van der Waals surface area contributed by atoms with Crippen molar-refractivity contribution in [3.8, 4) is 11.5 Å². The summed E-state index contributed by atoms with van der Waals surface area (Å²) < 4.78 is 10.6. The molecule has 0 fully saturated rings. The summed E-state index contributed by atoms with van der Waals surface area (Å²) in [4.78, 5) is 4.40. The maximum atomic E-state index is 5.32. The second-order valence-corrected chi connectivity index (χ2v) is 5.31. The Hall–Kier alpha value is -2.57. The molecule has 0 aliphatic rings. The first kappa shape index (κ1) is 17.8. The molecule has 24 heavy (non-hydrogen) atoms. The minimum atomic E-state index is 0.525. The van der Waals surface area contributed by atoms with Crippen molar-refractivity contribution in [2.75, 3.05) is 37.9 Å². The van der Waals surface area contributed by atoms with Gasteiger partial charge in [-0.15, -0.1) is 5.10 Å². The van der Waals surface area contributed by atoms with Gasteiger partial charge in [0.05, 0.1) is 20.4 Å². The lowest BCUT2D eigenvalue weighted by Gasteiger charge is -2.10. The summed E-state index contributed by atoms with van der Waals surface area (Å²) in [5.74, 6) is 2.73. The van der Waals surface area contributed by atoms with Gasteiger partial charge in [-0.3, -0.25) is 0 Å². The summed E-state index contributed by atoms with van der Waals surface area (Å²) >= 11 is 0. The van der Waals surface area contributed by atoms with E-state index < -0.39 is 0 Å². The molecular formula is C17H25N5O2. The highest BCUT2D eigenvalue weighted by Crippen LogP contribution is 2.27. The van der Waals surface area contributed by atoms with Gasteiger partial charge in [-0.1, -0.05) is 19.4 Å². The van der Waals surface area contributed by atoms with Gasteiger partial charge in [-0.25, -0.2) is 0 Å². The van der Waals surface area contributed by atoms with Crippen LogP contribution in [0.5, 0.6) is 11.5 Å². The van der Waals surface area contributed by atoms with E-state index in [-0.39, 0.29) is 0 Å². The van der Waals surface area contributed by atoms with E-state index in [1.54, 1.807) is 20.4 Å². The number of nitrogens with zero attached hydrogens (tertiary/aromatic N) is 3. The van der Waals surface area contributed by atoms with Crippen molar-refractivity contribution < 1.29 is 9.47 Å². The molecule has 2 N–H and O–H groups in total. The van der Waals surface area contributed by atoms with Crippen molar-refractivity contribution in [2.24, 2.45) is 0 Å². The third kappa shape index (κ3) is 5.26. The van der Waals surface area contributed by atoms with Crippen molar-refractivity contribution in [3.63, 3.8) is 0 Å². The Morgan fingerprint density at radius 1 is 1.04 bits per heavy atom. The topological polar surface area (TPSA) is 81.2 Å². The zero-order valence-electron chi connectivity index (χ0n) is 14.5. The van der Waals surface area contributed by atoms with Crippen molar-refractivity contribution >= 4 is 11.8 Å². The molecule has 1 aromatic heterocycles. The number of hydrogen-bond acceptors (Lipinski definition) is 7. The fourth-order valence-corrected chi connectivity index (χ4v) is 2.21. The van der Waals surface area contributed by atoms with Crippen LogP contribution >= 0.6 is 0 Å². The maximum absolute atomic E-state index is 5.32. The van der Waals surface area contributed by atoms with Crippen molar-refractivity contribution in [2.45, 2.75) is 26.2 Å². The van der Waals surface area contributed by atoms with Crippen LogP contribution in [0, 0.1) is 0 Å². The van der Waals surface area contributed by atoms with Gasteiger partial charge in [0, 0.05) is 13.1 Å². The third-order valence-electron chi connectivity index (χ3n) is 3.54. The minimum absolute atomic E-state index is 0.525. The monoisotopic (exact) mass is 331 g/mol. The van der Waals surface area contributed by atoms with Gasteiger partial charge in [0.15, 0.2) is 11.5 Å². The Kier molecular flexibility index (Phi) is 7.07. The highest BCUT2D eigenvalue weighted by Gasteiger charge is 2.05. The van der Waals surface area contributed by atoms with Crippen LogP contribution in [-0.4, -0.2) is 42.5 Å². The van der Waals surface area contributed by atoms with Crippen LogP contribution in [0.2, 0.25) is 0 Å². The summed E-state index contributed by atoms with van der Waals surface area (Å²) in [6, 6.07) is 5.90. The third-order valence-corrected chi connectivity index (χ3v) is 3.54. The normalized spacial score (nSPS) is 10.3. The molecule has 2 rings (SSSR count). The van der Waals surface area contributed by atoms with Gasteiger partial charge in [0.2, 0.25) is 5.95 Å². The number of hydrogen-bond donors (Lipinski definition) is 2. The fourth-order valence-electron chi connectivity index (χ4n) is 2.21. The second-order valence-electron chi connectivity index (χ2n) is 5.31. The molecule has 0 atom stereocenters. The van der Waals surface area contributed by atoms with Crippen LogP contribution < -0.4 is 20.1 Å². The van der Waals surface area contributed by atoms with Gasteiger partial charge in [-0.05, 0) is 30.5 Å². The predicted molar refractivity (Wildman–Crippen MR) is 95.0 cm³/mol. The second kappa shape index (κ2) is 9.54. The molecule has 7 heteroatoms. The van der Waals surface area contributed by atoms with Gasteiger partial charge >= 0.3 is 0 Å². The van der Waals surface area contributed by atoms with E-state index in [1.165, 1.54) is 0 Å². The van der Waals surface area contributed by atoms with E-state index in [0.29, 0.717) is 12.5 Å². The number of ether oxygens (including phenoxy) is 2. The summed E-state index contributed by atoms with van der Waals surface area (Å²) in [5.41, 5.74) is 1.14. The number of aromatic nitrogens is 3. The molecule has 2 aromatic rings. The van der Waals surface area contributed by atoms with E-state index in [1.807, 2.05) is 18.2 Å². The first-order valence-corrected chi connectivity index (χ1v) is 8.15. The number of rotatable bonds is 10. The molecule has 0 spiro atoms. The van der Waals surface area contributed by atoms with E-state index >= 15 is 0 Å². The van der Waals surface area contributed by atoms with Crippen LogP contribution in [0.25, 0.3) is 0 Å². The molecule has 7 nitrogen and oxygen atoms in total. The number of anilines is 2. The Morgan fingerprint density at radius 2 is 1.88 bits per heavy atom. The largest absolute Gasteiger partial charge is 0.493 e. The fraction of sp³-hybridized carbons (Fsp3) is 0.471. The Balaban J connectivity index is 1.86. The predicted octanol–water partition coefficient (Wildman–Crippen LogP) is 2.76. The first-order chi connectivity index (χ1) is 11.8. The lowest BCUT2D eigenvalue weighted by molar-refractivity contribution is 0.354. The molecule has 0 aliphatic heterocycles. The van der Waals surface area contributed by atoms with E-state index in [2.05, 4.69) is 32.7 Å². The Morgan fingerprint density at radius 3 is 2.62 bits per heavy atom. The molecule has 0 unspecified atom stereocenters. The average molecular weight is 331 g/mol. The Labute approximate surface area is 142 Å². The Bertz CT molecular complexity index is 636. The summed E-state index contributed by atoms with van der Waals surface area (Å²) in [5, 5.41) is 14.4. The lowest BCUT2D eigenvalue weighted by atomic mass is 10.1. The van der Waals surface area contributed by atoms with Gasteiger partial charge < -0.3 is 20.1 Å². The minimum Gasteiger partial charge on any atom is -0.493 e. The van der Waals surface area contributed by atoms with Crippen LogP contribution in [0.1, 0.15) is 25.3 Å². The van der Waals surface area contributed by atoms with E-state index in [0.717, 1.165) is 48.7 Å². The molecule has 0 amide bonds. The zero-order chi connectivity index (χ0) is 17.2. The van der Waals surface area contributed by atoms with Crippen molar-refractivity contribution in [1.29, 1.82) is 0 Å². The highest BCUT2D eigenvalue weighted by molar-refractivity contribution is 5.43. The van der Waals surface area contributed by atoms with Crippen LogP contribution in [0.15, 0.2) is 24.4 Å². The van der Waals surface area contributed by atoms with Gasteiger partial charge in [0.25, 0.3) is 0 Å². The molecule has 0 saturated carbocycles.